The van der Waals surface area contributed by atoms with E-state index in [0.29, 0.717) is 12.1 Å². The molecule has 3 heterocycles. The zero-order chi connectivity index (χ0) is 12.4. The summed E-state index contributed by atoms with van der Waals surface area (Å²) >= 11 is 0. The van der Waals surface area contributed by atoms with Crippen LogP contribution in [0.25, 0.3) is 0 Å². The minimum Gasteiger partial charge on any atom is -0.472 e. The molecule has 1 amide bonds. The van der Waals surface area contributed by atoms with E-state index in [-0.39, 0.29) is 11.9 Å². The number of hydrogen-bond donors (Lipinski definition) is 0. The van der Waals surface area contributed by atoms with Gasteiger partial charge in [0.2, 0.25) is 0 Å². The standard InChI is InChI=1S/C13H15N3O2/c17-13(11-4-8-18-10-11)15-6-1-3-12(9-15)16-7-2-5-14-16/h2,4-5,7-8,10,12H,1,3,6,9H2/t12-/m0/s1. The normalized spacial score (nSPS) is 20.0. The van der Waals surface area contributed by atoms with Gasteiger partial charge in [-0.1, -0.05) is 0 Å². The van der Waals surface area contributed by atoms with E-state index in [2.05, 4.69) is 5.10 Å². The Labute approximate surface area is 105 Å². The molecule has 18 heavy (non-hydrogen) atoms. The van der Waals surface area contributed by atoms with E-state index in [4.69, 9.17) is 4.42 Å². The molecule has 1 saturated heterocycles. The first kappa shape index (κ1) is 11.1. The molecule has 0 aliphatic carbocycles. The molecule has 1 atom stereocenters. The number of hydrogen-bond acceptors (Lipinski definition) is 3. The lowest BCUT2D eigenvalue weighted by Gasteiger charge is -2.32. The molecular formula is C13H15N3O2. The smallest absolute Gasteiger partial charge is 0.257 e. The van der Waals surface area contributed by atoms with Crippen LogP contribution in [0.5, 0.6) is 0 Å². The van der Waals surface area contributed by atoms with Crippen LogP contribution >= 0.6 is 0 Å². The highest BCUT2D eigenvalue weighted by Crippen LogP contribution is 2.22. The van der Waals surface area contributed by atoms with Gasteiger partial charge in [0, 0.05) is 25.5 Å². The Bertz CT molecular complexity index is 504. The van der Waals surface area contributed by atoms with Crippen molar-refractivity contribution in [2.75, 3.05) is 13.1 Å². The molecule has 0 aromatic carbocycles. The van der Waals surface area contributed by atoms with Crippen molar-refractivity contribution in [3.05, 3.63) is 42.6 Å². The lowest BCUT2D eigenvalue weighted by molar-refractivity contribution is 0.0672. The van der Waals surface area contributed by atoms with Gasteiger partial charge in [-0.2, -0.15) is 5.10 Å². The van der Waals surface area contributed by atoms with Crippen molar-refractivity contribution in [2.45, 2.75) is 18.9 Å². The fourth-order valence-electron chi connectivity index (χ4n) is 2.42. The molecular weight excluding hydrogens is 230 g/mol. The number of piperidine rings is 1. The van der Waals surface area contributed by atoms with Gasteiger partial charge in [0.05, 0.1) is 17.9 Å². The number of carbonyl (C=O) groups excluding carboxylic acids is 1. The predicted octanol–water partition coefficient (Wildman–Crippen LogP) is 1.95. The third-order valence-electron chi connectivity index (χ3n) is 3.35. The van der Waals surface area contributed by atoms with E-state index in [0.717, 1.165) is 19.4 Å². The van der Waals surface area contributed by atoms with Crippen molar-refractivity contribution < 1.29 is 9.21 Å². The summed E-state index contributed by atoms with van der Waals surface area (Å²) in [5, 5.41) is 4.26. The third-order valence-corrected chi connectivity index (χ3v) is 3.35. The Kier molecular flexibility index (Phi) is 2.88. The molecule has 1 fully saturated rings. The summed E-state index contributed by atoms with van der Waals surface area (Å²) < 4.78 is 6.90. The summed E-state index contributed by atoms with van der Waals surface area (Å²) in [6, 6.07) is 3.90. The van der Waals surface area contributed by atoms with Crippen LogP contribution in [0.1, 0.15) is 29.2 Å². The molecule has 0 saturated carbocycles. The minimum absolute atomic E-state index is 0.0422. The zero-order valence-electron chi connectivity index (χ0n) is 10.0. The maximum absolute atomic E-state index is 12.2. The van der Waals surface area contributed by atoms with Crippen molar-refractivity contribution in [2.24, 2.45) is 0 Å². The fourth-order valence-corrected chi connectivity index (χ4v) is 2.42. The summed E-state index contributed by atoms with van der Waals surface area (Å²) in [5.41, 5.74) is 0.621. The van der Waals surface area contributed by atoms with Gasteiger partial charge in [-0.05, 0) is 25.0 Å². The van der Waals surface area contributed by atoms with Crippen LogP contribution in [0.4, 0.5) is 0 Å². The van der Waals surface area contributed by atoms with Crippen LogP contribution in [0.3, 0.4) is 0 Å². The van der Waals surface area contributed by atoms with Crippen molar-refractivity contribution in [3.8, 4) is 0 Å². The Morgan fingerprint density at radius 2 is 2.44 bits per heavy atom. The molecule has 3 rings (SSSR count). The van der Waals surface area contributed by atoms with Gasteiger partial charge in [-0.3, -0.25) is 9.48 Å². The van der Waals surface area contributed by atoms with Gasteiger partial charge in [-0.25, -0.2) is 0 Å². The van der Waals surface area contributed by atoms with Crippen molar-refractivity contribution in [3.63, 3.8) is 0 Å². The second-order valence-corrected chi connectivity index (χ2v) is 4.55. The minimum atomic E-state index is 0.0422. The lowest BCUT2D eigenvalue weighted by atomic mass is 10.1. The summed E-state index contributed by atoms with van der Waals surface area (Å²) in [7, 11) is 0. The summed E-state index contributed by atoms with van der Waals surface area (Å²) in [6.45, 7) is 1.52. The first-order valence-electron chi connectivity index (χ1n) is 6.15. The van der Waals surface area contributed by atoms with E-state index in [9.17, 15) is 4.79 Å². The number of nitrogens with zero attached hydrogens (tertiary/aromatic N) is 3. The zero-order valence-corrected chi connectivity index (χ0v) is 10.0. The van der Waals surface area contributed by atoms with Gasteiger partial charge < -0.3 is 9.32 Å². The maximum Gasteiger partial charge on any atom is 0.257 e. The van der Waals surface area contributed by atoms with Gasteiger partial charge >= 0.3 is 0 Å². The molecule has 2 aromatic heterocycles. The largest absolute Gasteiger partial charge is 0.472 e. The highest BCUT2D eigenvalue weighted by Gasteiger charge is 2.25. The Morgan fingerprint density at radius 1 is 1.50 bits per heavy atom. The van der Waals surface area contributed by atoms with Crippen LogP contribution < -0.4 is 0 Å². The van der Waals surface area contributed by atoms with E-state index in [1.54, 1.807) is 12.3 Å². The first-order chi connectivity index (χ1) is 8.84. The van der Waals surface area contributed by atoms with Crippen LogP contribution in [0.15, 0.2) is 41.5 Å². The van der Waals surface area contributed by atoms with Crippen molar-refractivity contribution in [1.82, 2.24) is 14.7 Å². The molecule has 0 bridgehead atoms. The molecule has 1 aliphatic rings. The summed E-state index contributed by atoms with van der Waals surface area (Å²) in [5.74, 6) is 0.0422. The van der Waals surface area contributed by atoms with Gasteiger partial charge in [0.1, 0.15) is 6.26 Å². The van der Waals surface area contributed by atoms with Crippen LogP contribution in [-0.4, -0.2) is 33.7 Å². The Morgan fingerprint density at radius 3 is 3.17 bits per heavy atom. The van der Waals surface area contributed by atoms with Gasteiger partial charge in [-0.15, -0.1) is 0 Å². The molecule has 0 spiro atoms. The molecule has 0 unspecified atom stereocenters. The number of furan rings is 1. The van der Waals surface area contributed by atoms with Gasteiger partial charge in [0.15, 0.2) is 0 Å². The lowest BCUT2D eigenvalue weighted by Crippen LogP contribution is -2.40. The van der Waals surface area contributed by atoms with E-state index in [1.807, 2.05) is 21.8 Å². The topological polar surface area (TPSA) is 51.3 Å². The second-order valence-electron chi connectivity index (χ2n) is 4.55. The molecule has 0 N–H and O–H groups in total. The van der Waals surface area contributed by atoms with Crippen LogP contribution in [0, 0.1) is 0 Å². The SMILES string of the molecule is O=C(c1ccoc1)N1CCC[C@H](n2cccn2)C1. The molecule has 5 nitrogen and oxygen atoms in total. The molecule has 0 radical (unpaired) electrons. The van der Waals surface area contributed by atoms with Crippen molar-refractivity contribution >= 4 is 5.91 Å². The highest BCUT2D eigenvalue weighted by molar-refractivity contribution is 5.93. The number of likely N-dealkylation sites (tertiary alicyclic amines) is 1. The van der Waals surface area contributed by atoms with Crippen LogP contribution in [0.2, 0.25) is 0 Å². The number of rotatable bonds is 2. The van der Waals surface area contributed by atoms with E-state index >= 15 is 0 Å². The first-order valence-corrected chi connectivity index (χ1v) is 6.15. The Hall–Kier alpha value is -2.04. The molecule has 5 heteroatoms. The number of aromatic nitrogens is 2. The number of amides is 1. The van der Waals surface area contributed by atoms with Crippen molar-refractivity contribution in [1.29, 1.82) is 0 Å². The van der Waals surface area contributed by atoms with E-state index < -0.39 is 0 Å². The van der Waals surface area contributed by atoms with E-state index in [1.165, 1.54) is 12.5 Å². The molecule has 2 aromatic rings. The highest BCUT2D eigenvalue weighted by atomic mass is 16.3. The maximum atomic E-state index is 12.2. The van der Waals surface area contributed by atoms with Gasteiger partial charge in [0.25, 0.3) is 5.91 Å². The van der Waals surface area contributed by atoms with Crippen LogP contribution in [-0.2, 0) is 0 Å². The quantitative estimate of drug-likeness (QED) is 0.812. The fraction of sp³-hybridized carbons (Fsp3) is 0.385. The monoisotopic (exact) mass is 245 g/mol. The number of carbonyl (C=O) groups is 1. The second kappa shape index (κ2) is 4.68. The molecule has 1 aliphatic heterocycles. The summed E-state index contributed by atoms with van der Waals surface area (Å²) in [6.07, 6.45) is 8.83. The summed E-state index contributed by atoms with van der Waals surface area (Å²) in [4.78, 5) is 14.1. The Balaban J connectivity index is 1.73. The predicted molar refractivity (Wildman–Crippen MR) is 65.1 cm³/mol. The third kappa shape index (κ3) is 2.03. The molecule has 94 valence electrons. The average Bonchev–Trinajstić information content (AvgIpc) is 3.11. The average molecular weight is 245 g/mol.